The number of methoxy groups -OCH3 is 1. The number of rotatable bonds is 8. The molecule has 9 heteroatoms. The number of carbonyl (C=O) groups excluding carboxylic acids is 2. The number of carboxylic acid groups (broad SMARTS) is 1. The van der Waals surface area contributed by atoms with E-state index in [2.05, 4.69) is 0 Å². The van der Waals surface area contributed by atoms with E-state index >= 15 is 0 Å². The molecule has 29 heavy (non-hydrogen) atoms. The second kappa shape index (κ2) is 9.99. The van der Waals surface area contributed by atoms with Crippen molar-refractivity contribution >= 4 is 18.0 Å². The number of hydrogen-bond acceptors (Lipinski definition) is 7. The standard InChI is InChI=1S/C20H27NO8/c1-12(2)19(24)28-13(3)29-20(25)21-10-14(8-17(21)18(22)23)11-27-16-7-5-6-15(9-16)26-4/h5-7,9,12-14,17H,8,10-11H2,1-4H3,(H,22,23)/t13-,14+,17+/m1/s1. The van der Waals surface area contributed by atoms with Gasteiger partial charge in [0.05, 0.1) is 19.6 Å². The molecule has 1 saturated heterocycles. The van der Waals surface area contributed by atoms with Crippen LogP contribution in [0.3, 0.4) is 0 Å². The van der Waals surface area contributed by atoms with Gasteiger partial charge in [-0.25, -0.2) is 9.59 Å². The summed E-state index contributed by atoms with van der Waals surface area (Å²) in [5.74, 6) is -0.959. The molecule has 1 heterocycles. The first-order valence-electron chi connectivity index (χ1n) is 9.38. The van der Waals surface area contributed by atoms with Crippen molar-refractivity contribution in [1.29, 1.82) is 0 Å². The third-order valence-corrected chi connectivity index (χ3v) is 4.45. The number of esters is 1. The number of carboxylic acids is 1. The highest BCUT2D eigenvalue weighted by Crippen LogP contribution is 2.27. The summed E-state index contributed by atoms with van der Waals surface area (Å²) >= 11 is 0. The van der Waals surface area contributed by atoms with Gasteiger partial charge < -0.3 is 24.1 Å². The molecule has 0 spiro atoms. The molecule has 0 radical (unpaired) electrons. The maximum Gasteiger partial charge on any atom is 0.413 e. The molecule has 1 aliphatic heterocycles. The van der Waals surface area contributed by atoms with Crippen LogP contribution in [-0.4, -0.2) is 60.6 Å². The second-order valence-electron chi connectivity index (χ2n) is 7.14. The Morgan fingerprint density at radius 3 is 2.48 bits per heavy atom. The van der Waals surface area contributed by atoms with Crippen molar-refractivity contribution in [1.82, 2.24) is 4.90 Å². The normalized spacial score (nSPS) is 19.6. The van der Waals surface area contributed by atoms with Crippen LogP contribution in [0.1, 0.15) is 27.2 Å². The smallest absolute Gasteiger partial charge is 0.413 e. The van der Waals surface area contributed by atoms with Crippen LogP contribution in [0, 0.1) is 11.8 Å². The Balaban J connectivity index is 1.94. The molecule has 0 saturated carbocycles. The molecule has 160 valence electrons. The van der Waals surface area contributed by atoms with Crippen LogP contribution in [0.15, 0.2) is 24.3 Å². The van der Waals surface area contributed by atoms with Gasteiger partial charge in [-0.05, 0) is 18.6 Å². The number of amides is 1. The van der Waals surface area contributed by atoms with Gasteiger partial charge in [0.15, 0.2) is 0 Å². The number of nitrogens with zero attached hydrogens (tertiary/aromatic N) is 1. The van der Waals surface area contributed by atoms with Gasteiger partial charge in [0.2, 0.25) is 6.29 Å². The van der Waals surface area contributed by atoms with Crippen molar-refractivity contribution < 1.29 is 38.4 Å². The summed E-state index contributed by atoms with van der Waals surface area (Å²) in [4.78, 5) is 36.7. The lowest BCUT2D eigenvalue weighted by atomic mass is 10.1. The molecule has 0 bridgehead atoms. The van der Waals surface area contributed by atoms with E-state index in [1.807, 2.05) is 0 Å². The van der Waals surface area contributed by atoms with Gasteiger partial charge in [0.1, 0.15) is 17.5 Å². The zero-order chi connectivity index (χ0) is 21.6. The highest BCUT2D eigenvalue weighted by molar-refractivity contribution is 5.81. The number of aliphatic carboxylic acids is 1. The zero-order valence-electron chi connectivity index (χ0n) is 17.0. The Kier molecular flexibility index (Phi) is 7.69. The number of likely N-dealkylation sites (tertiary alicyclic amines) is 1. The summed E-state index contributed by atoms with van der Waals surface area (Å²) in [6.45, 7) is 5.12. The maximum atomic E-state index is 12.4. The van der Waals surface area contributed by atoms with Crippen LogP contribution >= 0.6 is 0 Å². The molecule has 0 aromatic heterocycles. The van der Waals surface area contributed by atoms with E-state index in [1.165, 1.54) is 6.92 Å². The van der Waals surface area contributed by atoms with E-state index in [4.69, 9.17) is 18.9 Å². The summed E-state index contributed by atoms with van der Waals surface area (Å²) in [6, 6.07) is 6.03. The van der Waals surface area contributed by atoms with Crippen LogP contribution in [0.25, 0.3) is 0 Å². The lowest BCUT2D eigenvalue weighted by Gasteiger charge is -2.23. The molecule has 1 aromatic carbocycles. The Hall–Kier alpha value is -2.97. The van der Waals surface area contributed by atoms with Crippen molar-refractivity contribution in [2.24, 2.45) is 11.8 Å². The van der Waals surface area contributed by atoms with E-state index in [0.717, 1.165) is 4.90 Å². The highest BCUT2D eigenvalue weighted by atomic mass is 16.7. The van der Waals surface area contributed by atoms with Gasteiger partial charge in [0.25, 0.3) is 0 Å². The molecule has 0 aliphatic carbocycles. The van der Waals surface area contributed by atoms with Crippen molar-refractivity contribution in [2.45, 2.75) is 39.5 Å². The minimum atomic E-state index is -1.13. The quantitative estimate of drug-likeness (QED) is 0.515. The monoisotopic (exact) mass is 409 g/mol. The first kappa shape index (κ1) is 22.3. The topological polar surface area (TPSA) is 112 Å². The summed E-state index contributed by atoms with van der Waals surface area (Å²) < 4.78 is 21.0. The Labute approximate surface area is 169 Å². The zero-order valence-corrected chi connectivity index (χ0v) is 17.0. The minimum Gasteiger partial charge on any atom is -0.497 e. The first-order chi connectivity index (χ1) is 13.7. The molecule has 1 aromatic rings. The fourth-order valence-corrected chi connectivity index (χ4v) is 2.92. The Morgan fingerprint density at radius 1 is 1.17 bits per heavy atom. The van der Waals surface area contributed by atoms with Gasteiger partial charge in [-0.1, -0.05) is 19.9 Å². The van der Waals surface area contributed by atoms with E-state index in [1.54, 1.807) is 45.2 Å². The Bertz CT molecular complexity index is 735. The molecule has 1 fully saturated rings. The maximum absolute atomic E-state index is 12.4. The number of hydrogen-bond donors (Lipinski definition) is 1. The van der Waals surface area contributed by atoms with Crippen LogP contribution in [0.2, 0.25) is 0 Å². The van der Waals surface area contributed by atoms with Crippen LogP contribution in [0.4, 0.5) is 4.79 Å². The summed E-state index contributed by atoms with van der Waals surface area (Å²) in [5.41, 5.74) is 0. The second-order valence-corrected chi connectivity index (χ2v) is 7.14. The van der Waals surface area contributed by atoms with Crippen molar-refractivity contribution in [3.8, 4) is 11.5 Å². The largest absolute Gasteiger partial charge is 0.497 e. The lowest BCUT2D eigenvalue weighted by molar-refractivity contribution is -0.170. The van der Waals surface area contributed by atoms with Gasteiger partial charge in [-0.15, -0.1) is 0 Å². The van der Waals surface area contributed by atoms with Crippen LogP contribution < -0.4 is 9.47 Å². The third-order valence-electron chi connectivity index (χ3n) is 4.45. The minimum absolute atomic E-state index is 0.157. The Morgan fingerprint density at radius 2 is 1.86 bits per heavy atom. The van der Waals surface area contributed by atoms with Crippen molar-refractivity contribution in [3.05, 3.63) is 24.3 Å². The first-order valence-corrected chi connectivity index (χ1v) is 9.38. The molecular weight excluding hydrogens is 382 g/mol. The molecule has 1 amide bonds. The average molecular weight is 409 g/mol. The molecule has 3 atom stereocenters. The highest BCUT2D eigenvalue weighted by Gasteiger charge is 2.41. The molecule has 2 rings (SSSR count). The molecule has 9 nitrogen and oxygen atoms in total. The fraction of sp³-hybridized carbons (Fsp3) is 0.550. The predicted octanol–water partition coefficient (Wildman–Crippen LogP) is 2.53. The van der Waals surface area contributed by atoms with E-state index in [9.17, 15) is 19.5 Å². The van der Waals surface area contributed by atoms with Crippen molar-refractivity contribution in [2.75, 3.05) is 20.3 Å². The van der Waals surface area contributed by atoms with Gasteiger partial charge in [0, 0.05) is 25.5 Å². The molecule has 1 aliphatic rings. The van der Waals surface area contributed by atoms with Crippen LogP contribution in [-0.2, 0) is 19.1 Å². The van der Waals surface area contributed by atoms with Crippen molar-refractivity contribution in [3.63, 3.8) is 0 Å². The third kappa shape index (κ3) is 6.27. The summed E-state index contributed by atoms with van der Waals surface area (Å²) in [7, 11) is 1.55. The fourth-order valence-electron chi connectivity index (χ4n) is 2.92. The summed E-state index contributed by atoms with van der Waals surface area (Å²) in [5, 5.41) is 9.46. The average Bonchev–Trinajstić information content (AvgIpc) is 3.11. The predicted molar refractivity (Wildman–Crippen MR) is 102 cm³/mol. The summed E-state index contributed by atoms with van der Waals surface area (Å²) in [6.07, 6.45) is -1.72. The number of carbonyl (C=O) groups is 3. The van der Waals surface area contributed by atoms with E-state index in [0.29, 0.717) is 11.5 Å². The molecule has 0 unspecified atom stereocenters. The SMILES string of the molecule is COc1cccc(OC[C@H]2C[C@@H](C(=O)O)N(C(=O)O[C@H](C)OC(=O)C(C)C)C2)c1. The molecular formula is C20H27NO8. The van der Waals surface area contributed by atoms with Crippen LogP contribution in [0.5, 0.6) is 11.5 Å². The van der Waals surface area contributed by atoms with Gasteiger partial charge in [-0.2, -0.15) is 0 Å². The van der Waals surface area contributed by atoms with E-state index < -0.39 is 30.4 Å². The number of ether oxygens (including phenoxy) is 4. The van der Waals surface area contributed by atoms with Gasteiger partial charge >= 0.3 is 18.0 Å². The van der Waals surface area contributed by atoms with Gasteiger partial charge in [-0.3, -0.25) is 9.69 Å². The lowest BCUT2D eigenvalue weighted by Crippen LogP contribution is -2.42. The van der Waals surface area contributed by atoms with E-state index in [-0.39, 0.29) is 31.4 Å². The molecule has 1 N–H and O–H groups in total. The number of benzene rings is 1.